The summed E-state index contributed by atoms with van der Waals surface area (Å²) in [6.45, 7) is 5.11. The number of urea groups is 1. The number of amides is 3. The number of carbonyl (C=O) groups excluding carboxylic acids is 2. The van der Waals surface area contributed by atoms with Gasteiger partial charge in [0, 0.05) is 57.3 Å². The van der Waals surface area contributed by atoms with Crippen molar-refractivity contribution in [2.45, 2.75) is 44.1 Å². The molecular formula is C28H38Cl4N4O2. The molecule has 10 heteroatoms. The fourth-order valence-electron chi connectivity index (χ4n) is 5.29. The summed E-state index contributed by atoms with van der Waals surface area (Å²) in [5.41, 5.74) is 1.78. The van der Waals surface area contributed by atoms with E-state index in [0.29, 0.717) is 28.2 Å². The first-order chi connectivity index (χ1) is 17.4. The predicted molar refractivity (Wildman–Crippen MR) is 161 cm³/mol. The highest BCUT2D eigenvalue weighted by Crippen LogP contribution is 2.30. The normalized spacial score (nSPS) is 17.4. The molecule has 2 fully saturated rings. The van der Waals surface area contributed by atoms with Crippen LogP contribution < -0.4 is 5.32 Å². The fraction of sp³-hybridized carbons (Fsp3) is 0.500. The summed E-state index contributed by atoms with van der Waals surface area (Å²) >= 11 is 12.5. The summed E-state index contributed by atoms with van der Waals surface area (Å²) in [7, 11) is 1.86. The van der Waals surface area contributed by atoms with Crippen LogP contribution in [0, 0.1) is 0 Å². The lowest BCUT2D eigenvalue weighted by atomic mass is 9.93. The molecule has 1 N–H and O–H groups in total. The van der Waals surface area contributed by atoms with Crippen LogP contribution in [0.25, 0.3) is 0 Å². The maximum atomic E-state index is 13.0. The minimum Gasteiger partial charge on any atom is -0.341 e. The summed E-state index contributed by atoms with van der Waals surface area (Å²) < 4.78 is 0. The van der Waals surface area contributed by atoms with Gasteiger partial charge in [-0.15, -0.1) is 24.8 Å². The lowest BCUT2D eigenvalue weighted by molar-refractivity contribution is 0.0779. The van der Waals surface area contributed by atoms with E-state index < -0.39 is 0 Å². The van der Waals surface area contributed by atoms with Gasteiger partial charge >= 0.3 is 6.03 Å². The first kappa shape index (κ1) is 32.5. The van der Waals surface area contributed by atoms with Gasteiger partial charge in [-0.1, -0.05) is 47.5 Å². The van der Waals surface area contributed by atoms with Crippen molar-refractivity contribution < 1.29 is 9.59 Å². The number of nitrogens with one attached hydrogen (secondary N) is 1. The largest absolute Gasteiger partial charge is 0.341 e. The maximum Gasteiger partial charge on any atom is 0.317 e. The van der Waals surface area contributed by atoms with Crippen LogP contribution in [-0.4, -0.2) is 79.0 Å². The van der Waals surface area contributed by atoms with Crippen LogP contribution in [0.3, 0.4) is 0 Å². The van der Waals surface area contributed by atoms with E-state index in [1.165, 1.54) is 0 Å². The molecule has 2 aliphatic rings. The second kappa shape index (κ2) is 15.8. The van der Waals surface area contributed by atoms with Crippen molar-refractivity contribution in [3.8, 4) is 0 Å². The Bertz CT molecular complexity index is 1030. The molecule has 3 amide bonds. The van der Waals surface area contributed by atoms with E-state index in [4.69, 9.17) is 23.2 Å². The van der Waals surface area contributed by atoms with Crippen LogP contribution in [0.4, 0.5) is 4.79 Å². The molecule has 0 aromatic heterocycles. The Labute approximate surface area is 248 Å². The third-order valence-corrected chi connectivity index (χ3v) is 8.17. The van der Waals surface area contributed by atoms with Crippen molar-refractivity contribution in [2.75, 3.05) is 46.3 Å². The Hall–Kier alpha value is -1.70. The van der Waals surface area contributed by atoms with Crippen molar-refractivity contribution in [1.82, 2.24) is 20.0 Å². The SMILES string of the molecule is CN(CC(CCN1CCC(N2CCCCNC2=O)CC1)c1ccc(Cl)c(Cl)c1)C(=O)c1ccccc1.Cl.Cl. The molecule has 2 aliphatic heterocycles. The van der Waals surface area contributed by atoms with Crippen molar-refractivity contribution in [3.05, 3.63) is 69.7 Å². The second-order valence-electron chi connectivity index (χ2n) is 9.92. The Kier molecular flexibility index (Phi) is 13.5. The Balaban J connectivity index is 0.00000253. The van der Waals surface area contributed by atoms with Gasteiger partial charge in [0.25, 0.3) is 5.91 Å². The molecule has 38 heavy (non-hydrogen) atoms. The Morgan fingerprint density at radius 3 is 2.42 bits per heavy atom. The molecule has 0 bridgehead atoms. The number of hydrogen-bond acceptors (Lipinski definition) is 3. The molecule has 0 spiro atoms. The Morgan fingerprint density at radius 1 is 1.03 bits per heavy atom. The van der Waals surface area contributed by atoms with Gasteiger partial charge in [0.2, 0.25) is 0 Å². The van der Waals surface area contributed by atoms with E-state index in [0.717, 1.165) is 70.4 Å². The summed E-state index contributed by atoms with van der Waals surface area (Å²) in [6.07, 6.45) is 5.02. The van der Waals surface area contributed by atoms with Gasteiger partial charge in [-0.25, -0.2) is 4.79 Å². The number of likely N-dealkylation sites (tertiary alicyclic amines) is 1. The van der Waals surface area contributed by atoms with Crippen molar-refractivity contribution in [1.29, 1.82) is 0 Å². The van der Waals surface area contributed by atoms with E-state index >= 15 is 0 Å². The van der Waals surface area contributed by atoms with Crippen LogP contribution >= 0.6 is 48.0 Å². The summed E-state index contributed by atoms with van der Waals surface area (Å²) in [5, 5.41) is 4.10. The number of piperidine rings is 1. The number of rotatable bonds is 8. The highest BCUT2D eigenvalue weighted by atomic mass is 35.5. The summed E-state index contributed by atoms with van der Waals surface area (Å²) in [4.78, 5) is 31.8. The third kappa shape index (κ3) is 8.65. The molecule has 2 heterocycles. The molecular weight excluding hydrogens is 566 g/mol. The average molecular weight is 604 g/mol. The number of nitrogens with zero attached hydrogens (tertiary/aromatic N) is 3. The molecule has 0 aliphatic carbocycles. The van der Waals surface area contributed by atoms with E-state index in [-0.39, 0.29) is 42.7 Å². The molecule has 0 radical (unpaired) electrons. The molecule has 0 saturated carbocycles. The lowest BCUT2D eigenvalue weighted by Gasteiger charge is -2.38. The van der Waals surface area contributed by atoms with Crippen LogP contribution in [0.1, 0.15) is 53.9 Å². The third-order valence-electron chi connectivity index (χ3n) is 7.43. The lowest BCUT2D eigenvalue weighted by Crippen LogP contribution is -2.50. The molecule has 210 valence electrons. The van der Waals surface area contributed by atoms with E-state index in [9.17, 15) is 9.59 Å². The van der Waals surface area contributed by atoms with E-state index in [1.807, 2.05) is 60.5 Å². The Morgan fingerprint density at radius 2 is 1.74 bits per heavy atom. The average Bonchev–Trinajstić information content (AvgIpc) is 3.12. The van der Waals surface area contributed by atoms with E-state index in [2.05, 4.69) is 10.2 Å². The van der Waals surface area contributed by atoms with Crippen LogP contribution in [-0.2, 0) is 0 Å². The number of carbonyl (C=O) groups is 2. The van der Waals surface area contributed by atoms with Gasteiger partial charge in [-0.3, -0.25) is 4.79 Å². The molecule has 2 aromatic carbocycles. The summed E-state index contributed by atoms with van der Waals surface area (Å²) in [5.74, 6) is 0.142. The van der Waals surface area contributed by atoms with Crippen LogP contribution in [0.15, 0.2) is 48.5 Å². The highest BCUT2D eigenvalue weighted by Gasteiger charge is 2.29. The smallest absolute Gasteiger partial charge is 0.317 e. The summed E-state index contributed by atoms with van der Waals surface area (Å²) in [6, 6.07) is 15.6. The van der Waals surface area contributed by atoms with Gasteiger partial charge in [0.05, 0.1) is 10.0 Å². The topological polar surface area (TPSA) is 55.9 Å². The molecule has 2 aromatic rings. The number of hydrogen-bond donors (Lipinski definition) is 1. The van der Waals surface area contributed by atoms with Gasteiger partial charge < -0.3 is 20.0 Å². The quantitative estimate of drug-likeness (QED) is 0.382. The fourth-order valence-corrected chi connectivity index (χ4v) is 5.60. The first-order valence-electron chi connectivity index (χ1n) is 12.9. The van der Waals surface area contributed by atoms with Crippen molar-refractivity contribution >= 4 is 60.0 Å². The molecule has 1 atom stereocenters. The number of benzene rings is 2. The second-order valence-corrected chi connectivity index (χ2v) is 10.7. The maximum absolute atomic E-state index is 13.0. The zero-order valence-corrected chi connectivity index (χ0v) is 24.9. The number of likely N-dealkylation sites (N-methyl/N-ethyl adjacent to an activating group) is 1. The monoisotopic (exact) mass is 602 g/mol. The molecule has 1 unspecified atom stereocenters. The minimum absolute atomic E-state index is 0. The van der Waals surface area contributed by atoms with Gasteiger partial charge in [0.15, 0.2) is 0 Å². The standard InChI is InChI=1S/C28H36Cl2N4O2.2ClH/c1-32(27(35)21-7-3-2-4-8-21)20-23(22-9-10-25(29)26(30)19-22)11-16-33-17-12-24(13-18-33)34-15-6-5-14-31-28(34)36;;/h2-4,7-10,19,23-24H,5-6,11-18,20H2,1H3,(H,31,36);2*1H. The van der Waals surface area contributed by atoms with Gasteiger partial charge in [0.1, 0.15) is 0 Å². The molecule has 4 rings (SSSR count). The first-order valence-corrected chi connectivity index (χ1v) is 13.7. The number of halogens is 4. The van der Waals surface area contributed by atoms with Crippen LogP contribution in [0.5, 0.6) is 0 Å². The van der Waals surface area contributed by atoms with Crippen molar-refractivity contribution in [3.63, 3.8) is 0 Å². The van der Waals surface area contributed by atoms with Crippen molar-refractivity contribution in [2.24, 2.45) is 0 Å². The van der Waals surface area contributed by atoms with E-state index in [1.54, 1.807) is 4.90 Å². The predicted octanol–water partition coefficient (Wildman–Crippen LogP) is 6.35. The highest BCUT2D eigenvalue weighted by molar-refractivity contribution is 6.42. The van der Waals surface area contributed by atoms with Gasteiger partial charge in [-0.05, 0) is 68.5 Å². The van der Waals surface area contributed by atoms with Crippen LogP contribution in [0.2, 0.25) is 10.0 Å². The molecule has 2 saturated heterocycles. The zero-order valence-electron chi connectivity index (χ0n) is 21.8. The van der Waals surface area contributed by atoms with Gasteiger partial charge in [-0.2, -0.15) is 0 Å². The molecule has 6 nitrogen and oxygen atoms in total. The minimum atomic E-state index is 0. The zero-order chi connectivity index (χ0) is 25.5.